The number of carbonyl (C=O) groups is 1. The summed E-state index contributed by atoms with van der Waals surface area (Å²) in [6.45, 7) is 2.34. The minimum absolute atomic E-state index is 0.0362. The van der Waals surface area contributed by atoms with Crippen LogP contribution in [-0.4, -0.2) is 20.8 Å². The van der Waals surface area contributed by atoms with Gasteiger partial charge in [-0.1, -0.05) is 18.2 Å². The molecule has 0 radical (unpaired) electrons. The fourth-order valence-electron chi connectivity index (χ4n) is 3.39. The number of fused-ring (bicyclic) bond motifs is 1. The molecule has 0 fully saturated rings. The monoisotopic (exact) mass is 430 g/mol. The third-order valence-electron chi connectivity index (χ3n) is 4.85. The quantitative estimate of drug-likeness (QED) is 0.550. The average molecular weight is 430 g/mol. The Kier molecular flexibility index (Phi) is 5.32. The molecule has 31 heavy (non-hydrogen) atoms. The third kappa shape index (κ3) is 3.69. The Morgan fingerprint density at radius 2 is 1.77 bits per heavy atom. The number of hydrogen-bond donors (Lipinski definition) is 0. The average Bonchev–Trinajstić information content (AvgIpc) is 2.79. The number of anilines is 2. The topological polar surface area (TPSA) is 87.5 Å². The van der Waals surface area contributed by atoms with Crippen LogP contribution in [0.25, 0.3) is 0 Å². The van der Waals surface area contributed by atoms with Gasteiger partial charge >= 0.3 is 0 Å². The van der Waals surface area contributed by atoms with Crippen molar-refractivity contribution in [1.29, 1.82) is 5.26 Å². The van der Waals surface area contributed by atoms with Gasteiger partial charge in [-0.05, 0) is 61.5 Å². The van der Waals surface area contributed by atoms with Crippen LogP contribution in [0.4, 0.5) is 11.4 Å². The van der Waals surface area contributed by atoms with Gasteiger partial charge in [-0.25, -0.2) is 8.42 Å². The summed E-state index contributed by atoms with van der Waals surface area (Å²) in [5.41, 5.74) is 1.67. The Balaban J connectivity index is 1.85. The zero-order chi connectivity index (χ0) is 22.0. The van der Waals surface area contributed by atoms with Gasteiger partial charge in [0, 0.05) is 17.5 Å². The lowest BCUT2D eigenvalue weighted by molar-refractivity contribution is 0.104. The number of benzene rings is 3. The Morgan fingerprint density at radius 1 is 1.03 bits per heavy atom. The van der Waals surface area contributed by atoms with Crippen molar-refractivity contribution in [2.75, 3.05) is 11.5 Å². The van der Waals surface area contributed by atoms with E-state index in [0.717, 1.165) is 0 Å². The second kappa shape index (κ2) is 8.09. The van der Waals surface area contributed by atoms with Crippen LogP contribution in [0.5, 0.6) is 5.75 Å². The second-order valence-electron chi connectivity index (χ2n) is 6.78. The predicted octanol–water partition coefficient (Wildman–Crippen LogP) is 4.61. The van der Waals surface area contributed by atoms with Gasteiger partial charge in [-0.15, -0.1) is 0 Å². The van der Waals surface area contributed by atoms with Crippen LogP contribution in [-0.2, 0) is 9.84 Å². The predicted molar refractivity (Wildman–Crippen MR) is 117 cm³/mol. The summed E-state index contributed by atoms with van der Waals surface area (Å²) in [7, 11) is -4.03. The van der Waals surface area contributed by atoms with E-state index in [2.05, 4.69) is 6.07 Å². The highest BCUT2D eigenvalue weighted by Gasteiger charge is 2.36. The first-order chi connectivity index (χ1) is 15.0. The Labute approximate surface area is 180 Å². The minimum atomic E-state index is -4.03. The van der Waals surface area contributed by atoms with Gasteiger partial charge in [0.05, 0.1) is 28.8 Å². The number of hydrogen-bond acceptors (Lipinski definition) is 6. The maximum Gasteiger partial charge on any atom is 0.214 e. The number of sulfone groups is 1. The van der Waals surface area contributed by atoms with E-state index in [0.29, 0.717) is 29.3 Å². The first kappa shape index (κ1) is 20.4. The highest BCUT2D eigenvalue weighted by Crippen LogP contribution is 2.40. The molecule has 0 aliphatic carbocycles. The Hall–Kier alpha value is -3.89. The van der Waals surface area contributed by atoms with Crippen molar-refractivity contribution in [2.45, 2.75) is 11.8 Å². The molecule has 7 heteroatoms. The molecule has 6 nitrogen and oxygen atoms in total. The lowest BCUT2D eigenvalue weighted by Crippen LogP contribution is -2.25. The normalized spacial score (nSPS) is 14.2. The molecular weight excluding hydrogens is 412 g/mol. The molecule has 0 saturated carbocycles. The van der Waals surface area contributed by atoms with E-state index in [1.165, 1.54) is 12.3 Å². The zero-order valence-electron chi connectivity index (χ0n) is 16.6. The summed E-state index contributed by atoms with van der Waals surface area (Å²) < 4.78 is 32.0. The van der Waals surface area contributed by atoms with E-state index in [1.807, 2.05) is 6.92 Å². The van der Waals surface area contributed by atoms with Crippen molar-refractivity contribution in [3.8, 4) is 11.8 Å². The van der Waals surface area contributed by atoms with Crippen LogP contribution < -0.4 is 9.64 Å². The first-order valence-corrected chi connectivity index (χ1v) is 11.1. The molecule has 154 valence electrons. The molecule has 1 aliphatic rings. The van der Waals surface area contributed by atoms with Crippen molar-refractivity contribution in [3.63, 3.8) is 0 Å². The highest BCUT2D eigenvalue weighted by molar-refractivity contribution is 7.96. The second-order valence-corrected chi connectivity index (χ2v) is 8.67. The summed E-state index contributed by atoms with van der Waals surface area (Å²) in [6.07, 6.45) is 1.33. The summed E-state index contributed by atoms with van der Waals surface area (Å²) >= 11 is 0. The van der Waals surface area contributed by atoms with Crippen molar-refractivity contribution >= 4 is 27.0 Å². The molecule has 0 amide bonds. The summed E-state index contributed by atoms with van der Waals surface area (Å²) in [4.78, 5) is 14.6. The smallest absolute Gasteiger partial charge is 0.214 e. The number of nitrogens with zero attached hydrogens (tertiary/aromatic N) is 2. The van der Waals surface area contributed by atoms with E-state index in [4.69, 9.17) is 4.74 Å². The lowest BCUT2D eigenvalue weighted by atomic mass is 10.1. The van der Waals surface area contributed by atoms with Crippen molar-refractivity contribution < 1.29 is 17.9 Å². The molecule has 0 unspecified atom stereocenters. The largest absolute Gasteiger partial charge is 0.494 e. The van der Waals surface area contributed by atoms with E-state index >= 15 is 0 Å². The number of allylic oxidation sites excluding steroid dienone is 1. The summed E-state index contributed by atoms with van der Waals surface area (Å²) in [6, 6.07) is 21.7. The van der Waals surface area contributed by atoms with Crippen molar-refractivity contribution in [1.82, 2.24) is 0 Å². The zero-order valence-corrected chi connectivity index (χ0v) is 17.5. The molecule has 0 spiro atoms. The van der Waals surface area contributed by atoms with Crippen molar-refractivity contribution in [2.24, 2.45) is 0 Å². The van der Waals surface area contributed by atoms with Gasteiger partial charge in [0.2, 0.25) is 15.6 Å². The van der Waals surface area contributed by atoms with Crippen LogP contribution in [0.15, 0.2) is 88.8 Å². The maximum absolute atomic E-state index is 13.3. The van der Waals surface area contributed by atoms with Crippen LogP contribution in [0.2, 0.25) is 0 Å². The molecule has 0 saturated heterocycles. The standard InChI is InChI=1S/C24H18N2O4S/c1-2-30-20-12-10-18(11-13-20)24(27)23-16-26(19-7-5-6-17(14-19)15-25)21-8-3-4-9-22(21)31(23,28)29/h3-14,16H,2H2,1H3. The highest BCUT2D eigenvalue weighted by atomic mass is 32.2. The van der Waals surface area contributed by atoms with Crippen LogP contribution in [0.1, 0.15) is 22.8 Å². The van der Waals surface area contributed by atoms with Gasteiger partial charge in [0.15, 0.2) is 0 Å². The van der Waals surface area contributed by atoms with E-state index in [1.54, 1.807) is 71.6 Å². The minimum Gasteiger partial charge on any atom is -0.494 e. The molecular formula is C24H18N2O4S. The van der Waals surface area contributed by atoms with Gasteiger partial charge in [-0.2, -0.15) is 5.26 Å². The third-order valence-corrected chi connectivity index (χ3v) is 6.65. The van der Waals surface area contributed by atoms with Gasteiger partial charge in [0.1, 0.15) is 10.7 Å². The summed E-state index contributed by atoms with van der Waals surface area (Å²) in [5, 5.41) is 9.24. The van der Waals surface area contributed by atoms with Crippen LogP contribution >= 0.6 is 0 Å². The van der Waals surface area contributed by atoms with Crippen LogP contribution in [0, 0.1) is 11.3 Å². The molecule has 1 aliphatic heterocycles. The number of nitriles is 1. The Morgan fingerprint density at radius 3 is 2.48 bits per heavy atom. The van der Waals surface area contributed by atoms with E-state index in [9.17, 15) is 18.5 Å². The molecule has 3 aromatic carbocycles. The number of Topliss-reactive ketones (excluding diaryl/α,β-unsaturated/α-hetero) is 1. The maximum atomic E-state index is 13.3. The summed E-state index contributed by atoms with van der Waals surface area (Å²) in [5.74, 6) is -0.0150. The SMILES string of the molecule is CCOc1ccc(C(=O)C2=CN(c3cccc(C#N)c3)c3ccccc3S2(=O)=O)cc1. The fourth-order valence-corrected chi connectivity index (χ4v) is 4.93. The van der Waals surface area contributed by atoms with Gasteiger partial charge in [-0.3, -0.25) is 4.79 Å². The van der Waals surface area contributed by atoms with E-state index in [-0.39, 0.29) is 15.4 Å². The number of para-hydroxylation sites is 1. The fraction of sp³-hybridized carbons (Fsp3) is 0.0833. The van der Waals surface area contributed by atoms with Crippen molar-refractivity contribution in [3.05, 3.63) is 95.0 Å². The molecule has 4 rings (SSSR count). The number of rotatable bonds is 5. The number of ketones is 1. The molecule has 3 aromatic rings. The van der Waals surface area contributed by atoms with Crippen LogP contribution in [0.3, 0.4) is 0 Å². The molecule has 1 heterocycles. The number of carbonyl (C=O) groups excluding carboxylic acids is 1. The van der Waals surface area contributed by atoms with E-state index < -0.39 is 15.6 Å². The molecule has 0 bridgehead atoms. The number of ether oxygens (including phenoxy) is 1. The molecule has 0 aromatic heterocycles. The first-order valence-electron chi connectivity index (χ1n) is 9.58. The lowest BCUT2D eigenvalue weighted by Gasteiger charge is -2.29. The Bertz CT molecular complexity index is 1340. The molecule has 0 N–H and O–H groups in total. The molecule has 0 atom stereocenters. The van der Waals surface area contributed by atoms with Gasteiger partial charge in [0.25, 0.3) is 0 Å². The van der Waals surface area contributed by atoms with Gasteiger partial charge < -0.3 is 9.64 Å².